The summed E-state index contributed by atoms with van der Waals surface area (Å²) in [5.41, 5.74) is 1.83. The number of aldehydes is 1. The Labute approximate surface area is 189 Å². The smallest absolute Gasteiger partial charge is 0.312 e. The van der Waals surface area contributed by atoms with Crippen LogP contribution in [0.5, 0.6) is 0 Å². The Morgan fingerprint density at radius 3 is 2.65 bits per heavy atom. The molecule has 4 aliphatic rings. The van der Waals surface area contributed by atoms with Gasteiger partial charge in [-0.25, -0.2) is 0 Å². The molecule has 4 aliphatic carbocycles. The fourth-order valence-electron chi connectivity index (χ4n) is 9.49. The lowest BCUT2D eigenvalue weighted by Gasteiger charge is -2.64. The molecule has 4 rings (SSSR count). The minimum Gasteiger partial charge on any atom is -0.469 e. The second-order valence-corrected chi connectivity index (χ2v) is 12.0. The van der Waals surface area contributed by atoms with Crippen molar-refractivity contribution in [1.29, 1.82) is 0 Å². The molecule has 0 aromatic rings. The molecule has 3 nitrogen and oxygen atoms in total. The van der Waals surface area contributed by atoms with Gasteiger partial charge in [-0.1, -0.05) is 58.6 Å². The van der Waals surface area contributed by atoms with Crippen LogP contribution in [0.4, 0.5) is 0 Å². The number of fused-ring (bicyclic) bond motifs is 5. The van der Waals surface area contributed by atoms with Crippen LogP contribution in [-0.2, 0) is 14.3 Å². The number of methoxy groups -OCH3 is 1. The first-order valence-corrected chi connectivity index (χ1v) is 13.0. The van der Waals surface area contributed by atoms with Crippen LogP contribution in [0.2, 0.25) is 0 Å². The average molecular weight is 429 g/mol. The van der Waals surface area contributed by atoms with E-state index in [4.69, 9.17) is 4.74 Å². The summed E-state index contributed by atoms with van der Waals surface area (Å²) in [6, 6.07) is 0. The molecule has 0 bridgehead atoms. The minimum atomic E-state index is -0.292. The van der Waals surface area contributed by atoms with Crippen LogP contribution in [0.3, 0.4) is 0 Å². The predicted octanol–water partition coefficient (Wildman–Crippen LogP) is 6.75. The van der Waals surface area contributed by atoms with Crippen LogP contribution in [-0.4, -0.2) is 19.4 Å². The van der Waals surface area contributed by atoms with Crippen LogP contribution in [0.25, 0.3) is 0 Å². The van der Waals surface area contributed by atoms with Crippen LogP contribution in [0, 0.1) is 45.8 Å². The molecule has 0 saturated heterocycles. The second kappa shape index (κ2) is 8.34. The highest BCUT2D eigenvalue weighted by molar-refractivity contribution is 5.78. The first-order valence-electron chi connectivity index (χ1n) is 13.0. The van der Waals surface area contributed by atoms with Crippen molar-refractivity contribution in [3.05, 3.63) is 11.6 Å². The van der Waals surface area contributed by atoms with Crippen molar-refractivity contribution in [2.75, 3.05) is 7.11 Å². The van der Waals surface area contributed by atoms with E-state index in [1.165, 1.54) is 38.4 Å². The summed E-state index contributed by atoms with van der Waals surface area (Å²) in [5, 5.41) is 0. The molecule has 3 heteroatoms. The lowest BCUT2D eigenvalue weighted by molar-refractivity contribution is -0.167. The maximum atomic E-state index is 13.1. The van der Waals surface area contributed by atoms with E-state index in [9.17, 15) is 9.59 Å². The van der Waals surface area contributed by atoms with E-state index in [1.807, 2.05) is 0 Å². The van der Waals surface area contributed by atoms with Crippen molar-refractivity contribution < 1.29 is 14.3 Å². The largest absolute Gasteiger partial charge is 0.469 e. The zero-order valence-corrected chi connectivity index (χ0v) is 20.5. The quantitative estimate of drug-likeness (QED) is 0.276. The van der Waals surface area contributed by atoms with Crippen LogP contribution >= 0.6 is 0 Å². The fraction of sp³-hybridized carbons (Fsp3) is 0.857. The summed E-state index contributed by atoms with van der Waals surface area (Å²) in [4.78, 5) is 24.6. The standard InChI is InChI=1S/C28H44O3/c1-6-14-26(3)20(13-18-29)11-16-27(4)22-12-17-28(25(30)31-5)15-7-8-19(2)24(28)21(22)9-10-23(26)27/h9,18-20,22-24H,6-8,10-17H2,1-5H3/t19-,20?,22?,23?,24?,26?,27?,28-/m0/s1. The van der Waals surface area contributed by atoms with Gasteiger partial charge in [0.1, 0.15) is 6.29 Å². The zero-order valence-electron chi connectivity index (χ0n) is 20.5. The molecule has 31 heavy (non-hydrogen) atoms. The Hall–Kier alpha value is -1.12. The van der Waals surface area contributed by atoms with Gasteiger partial charge in [0.05, 0.1) is 12.5 Å². The third-order valence-corrected chi connectivity index (χ3v) is 10.8. The van der Waals surface area contributed by atoms with Crippen LogP contribution < -0.4 is 0 Å². The number of hydrogen-bond acceptors (Lipinski definition) is 3. The van der Waals surface area contributed by atoms with Gasteiger partial charge in [0.25, 0.3) is 0 Å². The summed E-state index contributed by atoms with van der Waals surface area (Å²) in [7, 11) is 1.58. The van der Waals surface area contributed by atoms with E-state index in [0.29, 0.717) is 29.6 Å². The van der Waals surface area contributed by atoms with Crippen LogP contribution in [0.15, 0.2) is 11.6 Å². The lowest BCUT2D eigenvalue weighted by atomic mass is 9.40. The summed E-state index contributed by atoms with van der Waals surface area (Å²) >= 11 is 0. The monoisotopic (exact) mass is 428 g/mol. The topological polar surface area (TPSA) is 43.4 Å². The van der Waals surface area contributed by atoms with Crippen molar-refractivity contribution in [3.63, 3.8) is 0 Å². The number of rotatable bonds is 5. The van der Waals surface area contributed by atoms with Gasteiger partial charge >= 0.3 is 5.97 Å². The Kier molecular flexibility index (Phi) is 6.20. The third kappa shape index (κ3) is 3.27. The van der Waals surface area contributed by atoms with Crippen molar-refractivity contribution >= 4 is 12.3 Å². The molecule has 3 fully saturated rings. The van der Waals surface area contributed by atoms with Gasteiger partial charge < -0.3 is 9.53 Å². The van der Waals surface area contributed by atoms with Gasteiger partial charge in [-0.15, -0.1) is 0 Å². The van der Waals surface area contributed by atoms with Crippen molar-refractivity contribution in [1.82, 2.24) is 0 Å². The van der Waals surface area contributed by atoms with E-state index in [0.717, 1.165) is 38.5 Å². The van der Waals surface area contributed by atoms with E-state index in [2.05, 4.69) is 33.8 Å². The molecule has 3 saturated carbocycles. The molecule has 0 radical (unpaired) electrons. The summed E-state index contributed by atoms with van der Waals surface area (Å²) in [5.74, 6) is 2.69. The van der Waals surface area contributed by atoms with Gasteiger partial charge in [0.15, 0.2) is 0 Å². The molecule has 8 atom stereocenters. The van der Waals surface area contributed by atoms with Crippen molar-refractivity contribution in [3.8, 4) is 0 Å². The number of carbonyl (C=O) groups excluding carboxylic acids is 2. The number of esters is 1. The number of hydrogen-bond donors (Lipinski definition) is 0. The first kappa shape index (κ1) is 23.1. The maximum Gasteiger partial charge on any atom is 0.312 e. The normalized spacial score (nSPS) is 46.7. The SMILES string of the molecule is CCCC1(C)C(CC=O)CCC2(C)C3CC[C@@]4(C(=O)OC)CCC[C@H](C)C4C3=CCC12. The Bertz CT molecular complexity index is 741. The van der Waals surface area contributed by atoms with E-state index >= 15 is 0 Å². The molecule has 0 aliphatic heterocycles. The van der Waals surface area contributed by atoms with Crippen molar-refractivity contribution in [2.24, 2.45) is 45.8 Å². The zero-order chi connectivity index (χ0) is 22.4. The van der Waals surface area contributed by atoms with Gasteiger partial charge in [0.2, 0.25) is 0 Å². The highest BCUT2D eigenvalue weighted by Crippen LogP contribution is 2.69. The molecule has 0 aromatic heterocycles. The molecular formula is C28H44O3. The highest BCUT2D eigenvalue weighted by Gasteiger charge is 2.62. The molecule has 0 N–H and O–H groups in total. The molecular weight excluding hydrogens is 384 g/mol. The summed E-state index contributed by atoms with van der Waals surface area (Å²) in [6.45, 7) is 9.74. The molecule has 0 aromatic carbocycles. The van der Waals surface area contributed by atoms with Gasteiger partial charge in [-0.3, -0.25) is 4.79 Å². The van der Waals surface area contributed by atoms with Crippen LogP contribution in [0.1, 0.15) is 98.3 Å². The minimum absolute atomic E-state index is 0.0428. The molecule has 0 spiro atoms. The van der Waals surface area contributed by atoms with Crippen molar-refractivity contribution in [2.45, 2.75) is 98.3 Å². The maximum absolute atomic E-state index is 13.1. The lowest BCUT2D eigenvalue weighted by Crippen LogP contribution is -2.58. The number of carbonyl (C=O) groups is 2. The Morgan fingerprint density at radius 1 is 1.19 bits per heavy atom. The molecule has 0 amide bonds. The summed E-state index contributed by atoms with van der Waals surface area (Å²) in [6.07, 6.45) is 15.9. The Morgan fingerprint density at radius 2 is 1.97 bits per heavy atom. The first-order chi connectivity index (χ1) is 14.8. The number of allylic oxidation sites excluding steroid dienone is 2. The number of ether oxygens (including phenoxy) is 1. The fourth-order valence-corrected chi connectivity index (χ4v) is 9.49. The highest BCUT2D eigenvalue weighted by atomic mass is 16.5. The molecule has 0 heterocycles. The van der Waals surface area contributed by atoms with E-state index in [-0.39, 0.29) is 22.2 Å². The second-order valence-electron chi connectivity index (χ2n) is 12.0. The average Bonchev–Trinajstić information content (AvgIpc) is 2.75. The Balaban J connectivity index is 1.75. The van der Waals surface area contributed by atoms with Gasteiger partial charge in [-0.05, 0) is 85.4 Å². The predicted molar refractivity (Wildman–Crippen MR) is 124 cm³/mol. The van der Waals surface area contributed by atoms with E-state index in [1.54, 1.807) is 12.7 Å². The van der Waals surface area contributed by atoms with E-state index < -0.39 is 0 Å². The van der Waals surface area contributed by atoms with Gasteiger partial charge in [0, 0.05) is 6.42 Å². The molecule has 6 unspecified atom stereocenters. The summed E-state index contributed by atoms with van der Waals surface area (Å²) < 4.78 is 5.42. The molecule has 174 valence electrons. The van der Waals surface area contributed by atoms with Gasteiger partial charge in [-0.2, -0.15) is 0 Å². The third-order valence-electron chi connectivity index (χ3n) is 10.8.